The van der Waals surface area contributed by atoms with Crippen LogP contribution in [-0.4, -0.2) is 35.7 Å². The second kappa shape index (κ2) is 4.74. The first-order chi connectivity index (χ1) is 10.1. The lowest BCUT2D eigenvalue weighted by atomic mass is 9.53. The van der Waals surface area contributed by atoms with Crippen LogP contribution in [-0.2, 0) is 11.8 Å². The number of hydrogen-bond acceptors (Lipinski definition) is 2. The van der Waals surface area contributed by atoms with Crippen molar-refractivity contribution < 1.29 is 31.7 Å². The molecule has 6 atom stereocenters. The molecule has 1 aromatic carbocycles. The number of quaternary nitrogens is 1. The van der Waals surface area contributed by atoms with Gasteiger partial charge in [-0.15, -0.1) is 0 Å². The predicted molar refractivity (Wildman–Crippen MR) is 83.4 cm³/mol. The average molecular weight is 429 g/mol. The summed E-state index contributed by atoms with van der Waals surface area (Å²) in [5, 5.41) is 10.3. The average Bonchev–Trinajstić information content (AvgIpc) is 2.81. The Morgan fingerprint density at radius 3 is 3.00 bits per heavy atom. The van der Waals surface area contributed by atoms with E-state index in [1.807, 2.05) is 6.07 Å². The summed E-state index contributed by atoms with van der Waals surface area (Å²) in [6, 6.07) is 4.55. The third kappa shape index (κ3) is 1.55. The van der Waals surface area contributed by atoms with Crippen LogP contribution in [0.4, 0.5) is 0 Å². The van der Waals surface area contributed by atoms with Gasteiger partial charge in [-0.2, -0.15) is 0 Å². The van der Waals surface area contributed by atoms with Crippen molar-refractivity contribution in [1.82, 2.24) is 0 Å². The largest absolute Gasteiger partial charge is 1.00 e. The van der Waals surface area contributed by atoms with E-state index in [1.165, 1.54) is 17.7 Å². The molecule has 118 valence electrons. The van der Waals surface area contributed by atoms with E-state index in [2.05, 4.69) is 41.2 Å². The molecular weight excluding hydrogens is 410 g/mol. The maximum absolute atomic E-state index is 10.3. The number of halogens is 2. The van der Waals surface area contributed by atoms with Gasteiger partial charge >= 0.3 is 0 Å². The molecule has 22 heavy (non-hydrogen) atoms. The fraction of sp³-hybridized carbons (Fsp3) is 0.529. The van der Waals surface area contributed by atoms with Crippen LogP contribution in [0, 0.1) is 5.92 Å². The van der Waals surface area contributed by atoms with Gasteiger partial charge in [0.2, 0.25) is 0 Å². The van der Waals surface area contributed by atoms with E-state index in [4.69, 9.17) is 4.74 Å². The van der Waals surface area contributed by atoms with Gasteiger partial charge in [0, 0.05) is 29.2 Å². The number of benzene rings is 1. The standard InChI is InChI=1S/C17H18BrNO2.BrH/c1-19-7-6-17-13-5-3-10(18)15(17)11(19)8-9-2-4-12(20)16(21-13)14(9)17;/h2-5,10-11,13,15,20H,6-8H2,1H3;1H/t10-,11+,13-,15-,17+;/m0./s1. The Hall–Kier alpha value is -0.520. The van der Waals surface area contributed by atoms with Crippen LogP contribution in [0.2, 0.25) is 0 Å². The number of phenolic OH excluding ortho intramolecular Hbond substituents is 1. The molecule has 0 saturated carbocycles. The molecule has 2 heterocycles. The van der Waals surface area contributed by atoms with E-state index in [-0.39, 0.29) is 28.5 Å². The Bertz CT molecular complexity index is 677. The lowest BCUT2D eigenvalue weighted by Gasteiger charge is -2.55. The molecule has 1 unspecified atom stereocenters. The molecule has 1 spiro atoms. The van der Waals surface area contributed by atoms with Crippen LogP contribution in [0.25, 0.3) is 0 Å². The van der Waals surface area contributed by atoms with Crippen molar-refractivity contribution in [3.8, 4) is 11.5 Å². The van der Waals surface area contributed by atoms with Crippen LogP contribution in [0.3, 0.4) is 0 Å². The molecule has 0 radical (unpaired) electrons. The maximum atomic E-state index is 10.3. The van der Waals surface area contributed by atoms with Crippen molar-refractivity contribution in [2.75, 3.05) is 13.6 Å². The first-order valence-electron chi connectivity index (χ1n) is 7.79. The van der Waals surface area contributed by atoms with Crippen LogP contribution in [0.1, 0.15) is 17.5 Å². The second-order valence-electron chi connectivity index (χ2n) is 7.04. The highest BCUT2D eigenvalue weighted by Gasteiger charge is 2.65. The van der Waals surface area contributed by atoms with Gasteiger partial charge in [-0.1, -0.05) is 28.1 Å². The molecule has 2 aliphatic heterocycles. The van der Waals surface area contributed by atoms with Crippen LogP contribution in [0.5, 0.6) is 11.5 Å². The summed E-state index contributed by atoms with van der Waals surface area (Å²) in [6.07, 6.45) is 6.79. The van der Waals surface area contributed by atoms with E-state index < -0.39 is 0 Å². The fourth-order valence-electron chi connectivity index (χ4n) is 5.41. The number of piperidine rings is 1. The summed E-state index contributed by atoms with van der Waals surface area (Å²) in [7, 11) is 2.33. The lowest BCUT2D eigenvalue weighted by molar-refractivity contribution is -0.918. The van der Waals surface area contributed by atoms with Gasteiger partial charge in [0.15, 0.2) is 11.5 Å². The summed E-state index contributed by atoms with van der Waals surface area (Å²) in [4.78, 5) is 2.04. The van der Waals surface area contributed by atoms with E-state index in [9.17, 15) is 5.11 Å². The number of rotatable bonds is 0. The van der Waals surface area contributed by atoms with E-state index >= 15 is 0 Å². The Kier molecular flexibility index (Phi) is 3.24. The Balaban J connectivity index is 0.00000125. The van der Waals surface area contributed by atoms with Crippen molar-refractivity contribution in [2.45, 2.75) is 35.2 Å². The molecule has 2 N–H and O–H groups in total. The van der Waals surface area contributed by atoms with Gasteiger partial charge in [-0.25, -0.2) is 0 Å². The molecule has 5 rings (SSSR count). The second-order valence-corrected chi connectivity index (χ2v) is 8.10. The number of nitrogens with one attached hydrogen (secondary N) is 1. The monoisotopic (exact) mass is 427 g/mol. The Labute approximate surface area is 149 Å². The normalized spacial score (nSPS) is 43.1. The molecule has 4 aliphatic rings. The number of alkyl halides is 1. The summed E-state index contributed by atoms with van der Waals surface area (Å²) in [6.45, 7) is 1.18. The van der Waals surface area contributed by atoms with Gasteiger partial charge in [-0.05, 0) is 17.7 Å². The van der Waals surface area contributed by atoms with Crippen molar-refractivity contribution >= 4 is 15.9 Å². The predicted octanol–water partition coefficient (Wildman–Crippen LogP) is -1.81. The van der Waals surface area contributed by atoms with E-state index in [0.717, 1.165) is 18.6 Å². The van der Waals surface area contributed by atoms with Crippen molar-refractivity contribution in [3.05, 3.63) is 35.4 Å². The van der Waals surface area contributed by atoms with Crippen LogP contribution >= 0.6 is 15.9 Å². The quantitative estimate of drug-likeness (QED) is 0.377. The van der Waals surface area contributed by atoms with E-state index in [0.29, 0.717) is 22.5 Å². The van der Waals surface area contributed by atoms with Crippen molar-refractivity contribution in [2.24, 2.45) is 5.92 Å². The summed E-state index contributed by atoms with van der Waals surface area (Å²) < 4.78 is 6.23. The van der Waals surface area contributed by atoms with Crippen LogP contribution < -0.4 is 26.6 Å². The number of ether oxygens (including phenoxy) is 1. The highest BCUT2D eigenvalue weighted by atomic mass is 79.9. The van der Waals surface area contributed by atoms with Gasteiger partial charge < -0.3 is 31.7 Å². The number of likely N-dealkylation sites (tertiary alicyclic amines) is 1. The zero-order valence-corrected chi connectivity index (χ0v) is 15.5. The van der Waals surface area contributed by atoms with Gasteiger partial charge in [0.1, 0.15) is 6.10 Å². The summed E-state index contributed by atoms with van der Waals surface area (Å²) in [5.41, 5.74) is 2.77. The van der Waals surface area contributed by atoms with Gasteiger partial charge in [-0.3, -0.25) is 0 Å². The summed E-state index contributed by atoms with van der Waals surface area (Å²) in [5.74, 6) is 1.61. The molecule has 1 fully saturated rings. The van der Waals surface area contributed by atoms with Gasteiger partial charge in [0.25, 0.3) is 0 Å². The molecule has 3 nitrogen and oxygen atoms in total. The first kappa shape index (κ1) is 15.0. The minimum Gasteiger partial charge on any atom is -1.00 e. The number of phenols is 1. The van der Waals surface area contributed by atoms with Crippen molar-refractivity contribution in [1.29, 1.82) is 0 Å². The number of allylic oxidation sites excluding steroid dienone is 1. The fourth-order valence-corrected chi connectivity index (χ4v) is 6.43. The molecule has 0 amide bonds. The smallest absolute Gasteiger partial charge is 0.166 e. The molecule has 0 aromatic heterocycles. The molecule has 2 bridgehead atoms. The maximum Gasteiger partial charge on any atom is 0.166 e. The minimum absolute atomic E-state index is 0. The van der Waals surface area contributed by atoms with E-state index in [1.54, 1.807) is 4.90 Å². The lowest BCUT2D eigenvalue weighted by Crippen LogP contribution is -3.17. The molecule has 1 aromatic rings. The first-order valence-corrected chi connectivity index (χ1v) is 8.71. The summed E-state index contributed by atoms with van der Waals surface area (Å²) >= 11 is 3.91. The molecule has 5 heteroatoms. The zero-order chi connectivity index (χ0) is 14.4. The number of hydrogen-bond donors (Lipinski definition) is 2. The highest BCUT2D eigenvalue weighted by molar-refractivity contribution is 9.09. The topological polar surface area (TPSA) is 33.9 Å². The van der Waals surface area contributed by atoms with Gasteiger partial charge in [0.05, 0.1) is 25.0 Å². The molecular formula is C17H19Br2NO2. The number of likely N-dealkylation sites (N-methyl/N-ethyl adjacent to an activating group) is 1. The number of aromatic hydroxyl groups is 1. The third-order valence-electron chi connectivity index (χ3n) is 6.29. The highest BCUT2D eigenvalue weighted by Crippen LogP contribution is 2.61. The SMILES string of the molecule is C[NH+]1CC[C@]23c4c5ccc(O)c4O[C@H]2C=C[C@H](Br)[C@H]3[C@H]1C5.[Br-]. The van der Waals surface area contributed by atoms with Crippen LogP contribution in [0.15, 0.2) is 24.3 Å². The third-order valence-corrected chi connectivity index (χ3v) is 7.16. The molecule has 2 aliphatic carbocycles. The van der Waals surface area contributed by atoms with Crippen molar-refractivity contribution in [3.63, 3.8) is 0 Å². The Morgan fingerprint density at radius 2 is 2.18 bits per heavy atom. The Morgan fingerprint density at radius 1 is 1.36 bits per heavy atom. The minimum atomic E-state index is 0. The molecule has 1 saturated heterocycles. The zero-order valence-electron chi connectivity index (χ0n) is 12.4.